The first-order chi connectivity index (χ1) is 26.0. The molecule has 0 radical (unpaired) electrons. The lowest BCUT2D eigenvalue weighted by molar-refractivity contribution is -0.151. The van der Waals surface area contributed by atoms with E-state index in [9.17, 15) is 19.8 Å². The Morgan fingerprint density at radius 1 is 0.528 bits per heavy atom. The molecule has 0 aromatic rings. The Balaban J connectivity index is 4.60. The van der Waals surface area contributed by atoms with Gasteiger partial charge >= 0.3 is 5.97 Å². The average Bonchev–Trinajstić information content (AvgIpc) is 3.15. The molecule has 0 spiro atoms. The molecule has 6 heteroatoms. The first-order valence-electron chi connectivity index (χ1n) is 23.1. The molecule has 0 heterocycles. The SMILES string of the molecule is CCC/C=C\CCCCCCCC(=O)OC(CCCCCCC/C=C/CCCCCCCC)CC(=O)NC(CO)C(O)CCCCCCCCCCC. The Labute approximate surface area is 329 Å². The second-order valence-corrected chi connectivity index (χ2v) is 15.8. The molecule has 0 rings (SSSR count). The number of unbranched alkanes of at least 4 members (excludes halogenated alkanes) is 25. The Morgan fingerprint density at radius 2 is 0.943 bits per heavy atom. The molecule has 0 fully saturated rings. The summed E-state index contributed by atoms with van der Waals surface area (Å²) in [7, 11) is 0. The summed E-state index contributed by atoms with van der Waals surface area (Å²) in [6.07, 6.45) is 45.2. The monoisotopic (exact) mass is 748 g/mol. The van der Waals surface area contributed by atoms with Crippen molar-refractivity contribution in [2.24, 2.45) is 0 Å². The molecular weight excluding hydrogens is 659 g/mol. The van der Waals surface area contributed by atoms with Crippen molar-refractivity contribution in [3.05, 3.63) is 24.3 Å². The van der Waals surface area contributed by atoms with E-state index in [0.29, 0.717) is 19.3 Å². The molecule has 0 bridgehead atoms. The van der Waals surface area contributed by atoms with E-state index in [2.05, 4.69) is 50.4 Å². The minimum absolute atomic E-state index is 0.0714. The lowest BCUT2D eigenvalue weighted by Gasteiger charge is -2.24. The number of carbonyl (C=O) groups excluding carboxylic acids is 2. The largest absolute Gasteiger partial charge is 0.462 e. The van der Waals surface area contributed by atoms with Crippen LogP contribution in [0.5, 0.6) is 0 Å². The van der Waals surface area contributed by atoms with Crippen LogP contribution >= 0.6 is 0 Å². The van der Waals surface area contributed by atoms with Crippen molar-refractivity contribution in [2.45, 2.75) is 257 Å². The minimum atomic E-state index is -0.785. The van der Waals surface area contributed by atoms with Crippen LogP contribution in [0.15, 0.2) is 24.3 Å². The Bertz CT molecular complexity index is 843. The summed E-state index contributed by atoms with van der Waals surface area (Å²) in [5.41, 5.74) is 0. The minimum Gasteiger partial charge on any atom is -0.462 e. The second-order valence-electron chi connectivity index (χ2n) is 15.8. The van der Waals surface area contributed by atoms with Crippen LogP contribution < -0.4 is 5.32 Å². The number of aliphatic hydroxyl groups is 2. The number of allylic oxidation sites excluding steroid dienone is 4. The number of carbonyl (C=O) groups is 2. The van der Waals surface area contributed by atoms with Crippen LogP contribution in [0, 0.1) is 0 Å². The predicted molar refractivity (Wildman–Crippen MR) is 227 cm³/mol. The van der Waals surface area contributed by atoms with Gasteiger partial charge in [0.15, 0.2) is 0 Å². The van der Waals surface area contributed by atoms with Gasteiger partial charge in [0.05, 0.1) is 25.2 Å². The number of rotatable bonds is 41. The third-order valence-electron chi connectivity index (χ3n) is 10.5. The van der Waals surface area contributed by atoms with Crippen LogP contribution in [0.4, 0.5) is 0 Å². The van der Waals surface area contributed by atoms with E-state index in [4.69, 9.17) is 4.74 Å². The zero-order chi connectivity index (χ0) is 38.9. The molecule has 1 amide bonds. The quantitative estimate of drug-likeness (QED) is 0.0329. The topological polar surface area (TPSA) is 95.9 Å². The maximum atomic E-state index is 13.1. The molecule has 53 heavy (non-hydrogen) atoms. The first kappa shape index (κ1) is 51.3. The number of hydrogen-bond acceptors (Lipinski definition) is 5. The molecule has 0 saturated heterocycles. The molecule has 3 atom stereocenters. The Kier molecular flexibility index (Phi) is 40.2. The summed E-state index contributed by atoms with van der Waals surface area (Å²) in [4.78, 5) is 25.9. The molecule has 0 aliphatic carbocycles. The first-order valence-corrected chi connectivity index (χ1v) is 23.1. The van der Waals surface area contributed by atoms with Crippen LogP contribution in [0.1, 0.15) is 239 Å². The van der Waals surface area contributed by atoms with Gasteiger partial charge in [-0.1, -0.05) is 180 Å². The third kappa shape index (κ3) is 37.1. The van der Waals surface area contributed by atoms with Crippen LogP contribution in [0.2, 0.25) is 0 Å². The maximum absolute atomic E-state index is 13.1. The van der Waals surface area contributed by atoms with Crippen LogP contribution in [0.3, 0.4) is 0 Å². The number of aliphatic hydroxyl groups excluding tert-OH is 2. The van der Waals surface area contributed by atoms with Crippen molar-refractivity contribution in [3.8, 4) is 0 Å². The second kappa shape index (κ2) is 41.5. The number of ether oxygens (including phenoxy) is 1. The highest BCUT2D eigenvalue weighted by atomic mass is 16.5. The highest BCUT2D eigenvalue weighted by molar-refractivity contribution is 5.77. The fourth-order valence-electron chi connectivity index (χ4n) is 6.96. The lowest BCUT2D eigenvalue weighted by atomic mass is 10.0. The van der Waals surface area contributed by atoms with Crippen molar-refractivity contribution < 1.29 is 24.5 Å². The fraction of sp³-hybridized carbons (Fsp3) is 0.872. The van der Waals surface area contributed by atoms with Crippen molar-refractivity contribution in [2.75, 3.05) is 6.61 Å². The Morgan fingerprint density at radius 3 is 1.42 bits per heavy atom. The van der Waals surface area contributed by atoms with Gasteiger partial charge in [-0.2, -0.15) is 0 Å². The normalized spacial score (nSPS) is 13.5. The van der Waals surface area contributed by atoms with Crippen molar-refractivity contribution in [3.63, 3.8) is 0 Å². The summed E-state index contributed by atoms with van der Waals surface area (Å²) in [5, 5.41) is 23.6. The molecule has 0 saturated carbocycles. The predicted octanol–water partition coefficient (Wildman–Crippen LogP) is 13.2. The summed E-state index contributed by atoms with van der Waals surface area (Å²) in [6.45, 7) is 6.39. The van der Waals surface area contributed by atoms with Crippen LogP contribution in [0.25, 0.3) is 0 Å². The van der Waals surface area contributed by atoms with E-state index >= 15 is 0 Å². The molecule has 0 aromatic heterocycles. The van der Waals surface area contributed by atoms with Crippen molar-refractivity contribution in [1.29, 1.82) is 0 Å². The summed E-state index contributed by atoms with van der Waals surface area (Å²) < 4.78 is 5.89. The van der Waals surface area contributed by atoms with Gasteiger partial charge < -0.3 is 20.3 Å². The lowest BCUT2D eigenvalue weighted by Crippen LogP contribution is -2.46. The average molecular weight is 748 g/mol. The van der Waals surface area contributed by atoms with E-state index in [-0.39, 0.29) is 24.9 Å². The number of amides is 1. The van der Waals surface area contributed by atoms with Crippen LogP contribution in [-0.2, 0) is 14.3 Å². The molecule has 3 unspecified atom stereocenters. The van der Waals surface area contributed by atoms with Crippen molar-refractivity contribution >= 4 is 11.9 Å². The van der Waals surface area contributed by atoms with E-state index in [0.717, 1.165) is 77.0 Å². The maximum Gasteiger partial charge on any atom is 0.306 e. The van der Waals surface area contributed by atoms with Crippen molar-refractivity contribution in [1.82, 2.24) is 5.32 Å². The smallest absolute Gasteiger partial charge is 0.306 e. The van der Waals surface area contributed by atoms with Gasteiger partial charge in [-0.15, -0.1) is 0 Å². The third-order valence-corrected chi connectivity index (χ3v) is 10.5. The molecule has 0 aliphatic heterocycles. The summed E-state index contributed by atoms with van der Waals surface area (Å²) >= 11 is 0. The van der Waals surface area contributed by atoms with Gasteiger partial charge in [0, 0.05) is 6.42 Å². The van der Waals surface area contributed by atoms with Gasteiger partial charge in [0.25, 0.3) is 0 Å². The fourth-order valence-corrected chi connectivity index (χ4v) is 6.96. The van der Waals surface area contributed by atoms with Gasteiger partial charge in [0.2, 0.25) is 5.91 Å². The molecule has 0 aromatic carbocycles. The van der Waals surface area contributed by atoms with E-state index < -0.39 is 18.2 Å². The highest BCUT2D eigenvalue weighted by Gasteiger charge is 2.24. The van der Waals surface area contributed by atoms with Gasteiger partial charge in [-0.25, -0.2) is 0 Å². The van der Waals surface area contributed by atoms with Gasteiger partial charge in [-0.3, -0.25) is 9.59 Å². The number of hydrogen-bond donors (Lipinski definition) is 3. The standard InChI is InChI=1S/C47H89NO5/c1-4-7-10-13-16-19-21-22-23-24-25-27-29-32-35-38-43(53-47(52)40-37-34-31-28-20-17-14-11-8-5-2)41-46(51)48-44(42-49)45(50)39-36-33-30-26-18-15-12-9-6-3/h11,14,22-23,43-45,49-50H,4-10,12-13,15-21,24-42H2,1-3H3,(H,48,51)/b14-11-,23-22+. The van der Waals surface area contributed by atoms with Gasteiger partial charge in [-0.05, 0) is 70.6 Å². The molecule has 3 N–H and O–H groups in total. The zero-order valence-corrected chi connectivity index (χ0v) is 35.4. The van der Waals surface area contributed by atoms with E-state index in [1.165, 1.54) is 116 Å². The molecule has 0 aliphatic rings. The molecule has 6 nitrogen and oxygen atoms in total. The molecular formula is C47H89NO5. The van der Waals surface area contributed by atoms with E-state index in [1.807, 2.05) is 0 Å². The summed E-state index contributed by atoms with van der Waals surface area (Å²) in [6, 6.07) is -0.699. The molecule has 312 valence electrons. The zero-order valence-electron chi connectivity index (χ0n) is 35.4. The summed E-state index contributed by atoms with van der Waals surface area (Å²) in [5.74, 6) is -0.490. The van der Waals surface area contributed by atoms with E-state index in [1.54, 1.807) is 0 Å². The van der Waals surface area contributed by atoms with Gasteiger partial charge in [0.1, 0.15) is 6.10 Å². The number of esters is 1. The number of nitrogens with one attached hydrogen (secondary N) is 1. The highest BCUT2D eigenvalue weighted by Crippen LogP contribution is 2.17. The van der Waals surface area contributed by atoms with Crippen LogP contribution in [-0.4, -0.2) is 46.9 Å². The Hall–Kier alpha value is -1.66.